The summed E-state index contributed by atoms with van der Waals surface area (Å²) < 4.78 is 13.8. The van der Waals surface area contributed by atoms with E-state index < -0.39 is 17.5 Å². The molecule has 31 heavy (non-hydrogen) atoms. The Balaban J connectivity index is 1.46. The van der Waals surface area contributed by atoms with E-state index in [-0.39, 0.29) is 16.7 Å². The number of rotatable bonds is 5. The van der Waals surface area contributed by atoms with Crippen molar-refractivity contribution in [2.24, 2.45) is 11.8 Å². The summed E-state index contributed by atoms with van der Waals surface area (Å²) in [6.45, 7) is 2.36. The molecule has 2 atom stereocenters. The van der Waals surface area contributed by atoms with E-state index in [0.29, 0.717) is 12.0 Å². The van der Waals surface area contributed by atoms with Crippen LogP contribution in [0.25, 0.3) is 0 Å². The van der Waals surface area contributed by atoms with Crippen molar-refractivity contribution in [3.63, 3.8) is 0 Å². The van der Waals surface area contributed by atoms with Crippen LogP contribution in [0.15, 0.2) is 36.4 Å². The monoisotopic (exact) mass is 424 g/mol. The molecule has 2 unspecified atom stereocenters. The summed E-state index contributed by atoms with van der Waals surface area (Å²) in [5.74, 6) is -0.660. The smallest absolute Gasteiger partial charge is 0.255 e. The van der Waals surface area contributed by atoms with Crippen LogP contribution in [0.3, 0.4) is 0 Å². The Morgan fingerprint density at radius 2 is 1.84 bits per heavy atom. The predicted molar refractivity (Wildman–Crippen MR) is 119 cm³/mol. The number of aldehydes is 1. The first-order valence-electron chi connectivity index (χ1n) is 10.9. The van der Waals surface area contributed by atoms with Crippen molar-refractivity contribution in [2.45, 2.75) is 51.0 Å². The van der Waals surface area contributed by atoms with E-state index >= 15 is 0 Å². The minimum absolute atomic E-state index is 0.0279. The highest BCUT2D eigenvalue weighted by atomic mass is 19.1. The predicted octanol–water partition coefficient (Wildman–Crippen LogP) is 5.39. The Morgan fingerprint density at radius 1 is 1.19 bits per heavy atom. The molecule has 0 aliphatic heterocycles. The van der Waals surface area contributed by atoms with Crippen molar-refractivity contribution in [3.05, 3.63) is 53.3 Å². The Hall–Kier alpha value is -2.89. The van der Waals surface area contributed by atoms with Gasteiger partial charge in [0.25, 0.3) is 5.91 Å². The molecule has 2 aliphatic rings. The van der Waals surface area contributed by atoms with Crippen molar-refractivity contribution < 1.29 is 19.1 Å². The van der Waals surface area contributed by atoms with Gasteiger partial charge in [0.1, 0.15) is 0 Å². The molecule has 2 aliphatic carbocycles. The first kappa shape index (κ1) is 21.3. The lowest BCUT2D eigenvalue weighted by Gasteiger charge is -2.50. The summed E-state index contributed by atoms with van der Waals surface area (Å²) in [6.07, 6.45) is 8.16. The summed E-state index contributed by atoms with van der Waals surface area (Å²) in [4.78, 5) is 25.8. The Labute approximate surface area is 182 Å². The lowest BCUT2D eigenvalue weighted by molar-refractivity contribution is 0.102. The summed E-state index contributed by atoms with van der Waals surface area (Å²) in [5.41, 5.74) is 1.52. The number of phenols is 1. The normalized spacial score (nSPS) is 25.0. The van der Waals surface area contributed by atoms with E-state index in [4.69, 9.17) is 0 Å². The zero-order valence-electron chi connectivity index (χ0n) is 18.0. The standard InChI is InChI=1S/C25H29FN2O3/c1-25(13-16-4-3-5-17(10-16)14-25)28(2)21-8-6-20(7-9-21)27-24(31)18-11-19(15-29)23(30)22(26)12-18/h6-9,11-12,15-17,30H,3-5,10,13-14H2,1-2H3,(H,27,31). The van der Waals surface area contributed by atoms with Gasteiger partial charge in [0.15, 0.2) is 17.9 Å². The molecule has 0 spiro atoms. The first-order chi connectivity index (χ1) is 14.8. The largest absolute Gasteiger partial charge is 0.504 e. The van der Waals surface area contributed by atoms with Crippen molar-refractivity contribution >= 4 is 23.6 Å². The van der Waals surface area contributed by atoms with Crippen LogP contribution in [0.1, 0.15) is 66.2 Å². The highest BCUT2D eigenvalue weighted by Crippen LogP contribution is 2.47. The van der Waals surface area contributed by atoms with Gasteiger partial charge in [-0.1, -0.05) is 19.3 Å². The molecule has 4 rings (SSSR count). The Bertz CT molecular complexity index is 977. The molecule has 2 N–H and O–H groups in total. The lowest BCUT2D eigenvalue weighted by Crippen LogP contribution is -2.50. The van der Waals surface area contributed by atoms with Gasteiger partial charge < -0.3 is 15.3 Å². The summed E-state index contributed by atoms with van der Waals surface area (Å²) >= 11 is 0. The summed E-state index contributed by atoms with van der Waals surface area (Å²) in [6, 6.07) is 9.71. The van der Waals surface area contributed by atoms with E-state index in [2.05, 4.69) is 24.2 Å². The Morgan fingerprint density at radius 3 is 2.45 bits per heavy atom. The van der Waals surface area contributed by atoms with E-state index in [1.165, 1.54) is 44.6 Å². The number of phenolic OH excluding ortho intramolecular Hbond substituents is 1. The third-order valence-electron chi connectivity index (χ3n) is 7.15. The third-order valence-corrected chi connectivity index (χ3v) is 7.15. The second-order valence-corrected chi connectivity index (χ2v) is 9.38. The maximum Gasteiger partial charge on any atom is 0.255 e. The van der Waals surface area contributed by atoms with Crippen LogP contribution in [-0.4, -0.2) is 29.9 Å². The van der Waals surface area contributed by atoms with E-state index in [1.807, 2.05) is 24.3 Å². The number of benzene rings is 2. The molecule has 0 heterocycles. The van der Waals surface area contributed by atoms with Crippen LogP contribution >= 0.6 is 0 Å². The number of amides is 1. The average Bonchev–Trinajstić information content (AvgIpc) is 2.75. The molecule has 0 saturated heterocycles. The molecule has 0 aromatic heterocycles. The number of anilines is 2. The fraction of sp³-hybridized carbons (Fsp3) is 0.440. The fourth-order valence-electron chi connectivity index (χ4n) is 5.50. The molecule has 5 nitrogen and oxygen atoms in total. The first-order valence-corrected chi connectivity index (χ1v) is 10.9. The van der Waals surface area contributed by atoms with Gasteiger partial charge in [0.2, 0.25) is 0 Å². The van der Waals surface area contributed by atoms with Crippen LogP contribution in [0.4, 0.5) is 15.8 Å². The van der Waals surface area contributed by atoms with Crippen molar-refractivity contribution in [1.29, 1.82) is 0 Å². The molecular formula is C25H29FN2O3. The molecule has 6 heteroatoms. The molecule has 0 radical (unpaired) electrons. The van der Waals surface area contributed by atoms with Crippen LogP contribution < -0.4 is 10.2 Å². The number of hydrogen-bond donors (Lipinski definition) is 2. The van der Waals surface area contributed by atoms with Crippen molar-refractivity contribution in [1.82, 2.24) is 0 Å². The van der Waals surface area contributed by atoms with E-state index in [9.17, 15) is 19.1 Å². The van der Waals surface area contributed by atoms with Gasteiger partial charge in [0, 0.05) is 29.5 Å². The number of hydrogen-bond acceptors (Lipinski definition) is 4. The SMILES string of the molecule is CN(c1ccc(NC(=O)c2cc(F)c(O)c(C=O)c2)cc1)C1(C)CC2CCCC(C2)C1. The van der Waals surface area contributed by atoms with Gasteiger partial charge in [-0.05, 0) is 74.4 Å². The second-order valence-electron chi connectivity index (χ2n) is 9.38. The minimum Gasteiger partial charge on any atom is -0.504 e. The van der Waals surface area contributed by atoms with Crippen LogP contribution in [0.5, 0.6) is 5.75 Å². The highest BCUT2D eigenvalue weighted by Gasteiger charge is 2.41. The number of halogens is 1. The van der Waals surface area contributed by atoms with Gasteiger partial charge >= 0.3 is 0 Å². The average molecular weight is 425 g/mol. The number of carbonyl (C=O) groups is 2. The zero-order chi connectivity index (χ0) is 22.2. The molecule has 2 aromatic rings. The van der Waals surface area contributed by atoms with E-state index in [0.717, 1.165) is 23.6 Å². The number of aromatic hydroxyl groups is 1. The quantitative estimate of drug-likeness (QED) is 0.632. The second kappa shape index (κ2) is 8.33. The molecule has 164 valence electrons. The third kappa shape index (κ3) is 4.29. The van der Waals surface area contributed by atoms with E-state index in [1.54, 1.807) is 0 Å². The number of nitrogens with one attached hydrogen (secondary N) is 1. The molecule has 1 amide bonds. The maximum absolute atomic E-state index is 13.8. The van der Waals surface area contributed by atoms with Gasteiger partial charge in [-0.2, -0.15) is 0 Å². The minimum atomic E-state index is -1.00. The van der Waals surface area contributed by atoms with Crippen LogP contribution in [0, 0.1) is 17.7 Å². The van der Waals surface area contributed by atoms with Crippen molar-refractivity contribution in [3.8, 4) is 5.75 Å². The zero-order valence-corrected chi connectivity index (χ0v) is 18.0. The van der Waals surface area contributed by atoms with Crippen molar-refractivity contribution in [2.75, 3.05) is 17.3 Å². The van der Waals surface area contributed by atoms with Gasteiger partial charge in [-0.15, -0.1) is 0 Å². The van der Waals surface area contributed by atoms with Crippen LogP contribution in [0.2, 0.25) is 0 Å². The topological polar surface area (TPSA) is 69.6 Å². The molecule has 2 bridgehead atoms. The summed E-state index contributed by atoms with van der Waals surface area (Å²) in [7, 11) is 2.15. The fourth-order valence-corrected chi connectivity index (χ4v) is 5.50. The Kier molecular flexibility index (Phi) is 5.73. The van der Waals surface area contributed by atoms with Gasteiger partial charge in [0.05, 0.1) is 5.56 Å². The summed E-state index contributed by atoms with van der Waals surface area (Å²) in [5, 5.41) is 12.2. The molecule has 2 aromatic carbocycles. The van der Waals surface area contributed by atoms with Gasteiger partial charge in [-0.3, -0.25) is 9.59 Å². The number of fused-ring (bicyclic) bond motifs is 2. The lowest BCUT2D eigenvalue weighted by atomic mass is 9.64. The number of carbonyl (C=O) groups excluding carboxylic acids is 2. The molecule has 2 fully saturated rings. The number of nitrogens with zero attached hydrogens (tertiary/aromatic N) is 1. The van der Waals surface area contributed by atoms with Gasteiger partial charge in [-0.25, -0.2) is 4.39 Å². The molecule has 2 saturated carbocycles. The molecular weight excluding hydrogens is 395 g/mol. The highest BCUT2D eigenvalue weighted by molar-refractivity contribution is 6.05. The van der Waals surface area contributed by atoms with Crippen LogP contribution in [-0.2, 0) is 0 Å². The maximum atomic E-state index is 13.8.